The third kappa shape index (κ3) is 36.9. The van der Waals surface area contributed by atoms with Crippen LogP contribution >= 0.6 is 0 Å². The quantitative estimate of drug-likeness (QED) is 0.0294. The molecule has 0 heterocycles. The van der Waals surface area contributed by atoms with Gasteiger partial charge < -0.3 is 19.7 Å². The van der Waals surface area contributed by atoms with E-state index in [1.165, 1.54) is 109 Å². The first-order chi connectivity index (χ1) is 24.0. The van der Waals surface area contributed by atoms with Crippen LogP contribution < -0.4 is 0 Å². The van der Waals surface area contributed by atoms with Crippen LogP contribution in [-0.2, 0) is 19.1 Å². The van der Waals surface area contributed by atoms with Crippen LogP contribution in [0.5, 0.6) is 0 Å². The molecule has 0 spiro atoms. The summed E-state index contributed by atoms with van der Waals surface area (Å²) in [4.78, 5) is 24.2. The standard InChI is InChI=1S/C43H76O6/c1-3-5-7-9-11-12-13-14-15-16-17-18-19-20-24-28-32-36-42(46)48-39-41(38-44)49-43(47)37-33-29-25-21-23-27-31-35-40(45)34-30-26-22-10-8-6-4-2/h21-22,25-27,30-31,34,40-41,44-45H,3-20,23-24,28-29,32-33,35-39H2,1-2H3/b25-21+,26-22-,31-27-,34-30-/t40-,41-/m0/s1. The molecular formula is C43H76O6. The van der Waals surface area contributed by atoms with E-state index < -0.39 is 18.2 Å². The van der Waals surface area contributed by atoms with Gasteiger partial charge in [-0.1, -0.05) is 178 Å². The topological polar surface area (TPSA) is 93.1 Å². The Hall–Kier alpha value is -2.18. The number of esters is 2. The van der Waals surface area contributed by atoms with Gasteiger partial charge in [0.1, 0.15) is 6.61 Å². The van der Waals surface area contributed by atoms with E-state index in [0.29, 0.717) is 19.3 Å². The van der Waals surface area contributed by atoms with E-state index in [4.69, 9.17) is 9.47 Å². The van der Waals surface area contributed by atoms with Gasteiger partial charge >= 0.3 is 11.9 Å². The highest BCUT2D eigenvalue weighted by Gasteiger charge is 2.16. The van der Waals surface area contributed by atoms with Gasteiger partial charge in [-0.15, -0.1) is 0 Å². The van der Waals surface area contributed by atoms with E-state index in [0.717, 1.165) is 38.5 Å². The Kier molecular flexibility index (Phi) is 36.9. The zero-order valence-corrected chi connectivity index (χ0v) is 31.8. The van der Waals surface area contributed by atoms with Crippen LogP contribution in [0.1, 0.15) is 187 Å². The summed E-state index contributed by atoms with van der Waals surface area (Å²) in [6.07, 6.45) is 44.9. The smallest absolute Gasteiger partial charge is 0.306 e. The molecule has 0 saturated carbocycles. The van der Waals surface area contributed by atoms with Gasteiger partial charge in [-0.25, -0.2) is 0 Å². The van der Waals surface area contributed by atoms with Crippen molar-refractivity contribution in [3.05, 3.63) is 48.6 Å². The number of aliphatic hydroxyl groups excluding tert-OH is 2. The molecule has 0 aliphatic carbocycles. The van der Waals surface area contributed by atoms with Gasteiger partial charge in [-0.05, 0) is 44.9 Å². The Labute approximate surface area is 301 Å². The van der Waals surface area contributed by atoms with Crippen LogP contribution in [-0.4, -0.2) is 47.6 Å². The maximum atomic E-state index is 12.2. The minimum atomic E-state index is -0.820. The Balaban J connectivity index is 3.69. The number of carbonyl (C=O) groups is 2. The Morgan fingerprint density at radius 1 is 0.571 bits per heavy atom. The fourth-order valence-corrected chi connectivity index (χ4v) is 5.57. The first kappa shape index (κ1) is 46.8. The molecule has 0 fully saturated rings. The molecule has 6 heteroatoms. The molecule has 0 aromatic rings. The van der Waals surface area contributed by atoms with E-state index in [1.54, 1.807) is 0 Å². The van der Waals surface area contributed by atoms with Gasteiger partial charge in [-0.2, -0.15) is 0 Å². The van der Waals surface area contributed by atoms with Crippen molar-refractivity contribution in [1.82, 2.24) is 0 Å². The Morgan fingerprint density at radius 2 is 1.08 bits per heavy atom. The van der Waals surface area contributed by atoms with Gasteiger partial charge in [0.25, 0.3) is 0 Å². The maximum Gasteiger partial charge on any atom is 0.306 e. The Morgan fingerprint density at radius 3 is 1.67 bits per heavy atom. The number of ether oxygens (including phenoxy) is 2. The molecule has 0 aliphatic heterocycles. The van der Waals surface area contributed by atoms with E-state index >= 15 is 0 Å². The summed E-state index contributed by atoms with van der Waals surface area (Å²) in [6, 6.07) is 0. The molecule has 2 atom stereocenters. The van der Waals surface area contributed by atoms with Crippen molar-refractivity contribution in [2.75, 3.05) is 13.2 Å². The molecule has 0 saturated heterocycles. The van der Waals surface area contributed by atoms with Crippen LogP contribution in [0.2, 0.25) is 0 Å². The Bertz CT molecular complexity index is 845. The summed E-state index contributed by atoms with van der Waals surface area (Å²) in [7, 11) is 0. The lowest BCUT2D eigenvalue weighted by atomic mass is 10.0. The number of allylic oxidation sites excluding steroid dienone is 6. The summed E-state index contributed by atoms with van der Waals surface area (Å²) < 4.78 is 10.5. The zero-order chi connectivity index (χ0) is 35.9. The molecule has 0 amide bonds. The second kappa shape index (κ2) is 38.6. The summed E-state index contributed by atoms with van der Waals surface area (Å²) >= 11 is 0. The lowest BCUT2D eigenvalue weighted by Gasteiger charge is -2.15. The normalized spacial score (nSPS) is 13.3. The van der Waals surface area contributed by atoms with Crippen molar-refractivity contribution in [2.24, 2.45) is 0 Å². The summed E-state index contributed by atoms with van der Waals surface area (Å²) in [5.41, 5.74) is 0. The third-order valence-corrected chi connectivity index (χ3v) is 8.71. The zero-order valence-electron chi connectivity index (χ0n) is 31.8. The van der Waals surface area contributed by atoms with E-state index in [2.05, 4.69) is 19.9 Å². The SMILES string of the molecule is CCCCC/C=C\C=C/[C@H](O)C/C=C\C/C=C/CCCC(=O)O[C@@H](CO)COC(=O)CCCCCCCCCCCCCCCCCCC. The van der Waals surface area contributed by atoms with Crippen molar-refractivity contribution in [3.8, 4) is 0 Å². The average Bonchev–Trinajstić information content (AvgIpc) is 3.10. The van der Waals surface area contributed by atoms with Gasteiger partial charge in [0.05, 0.1) is 12.7 Å². The van der Waals surface area contributed by atoms with Crippen molar-refractivity contribution in [3.63, 3.8) is 0 Å². The summed E-state index contributed by atoms with van der Waals surface area (Å²) in [5, 5.41) is 19.6. The van der Waals surface area contributed by atoms with Crippen molar-refractivity contribution in [2.45, 2.75) is 199 Å². The van der Waals surface area contributed by atoms with Crippen LogP contribution in [0.4, 0.5) is 0 Å². The fraction of sp³-hybridized carbons (Fsp3) is 0.767. The lowest BCUT2D eigenvalue weighted by molar-refractivity contribution is -0.161. The van der Waals surface area contributed by atoms with Crippen LogP contribution in [0.25, 0.3) is 0 Å². The highest BCUT2D eigenvalue weighted by Crippen LogP contribution is 2.15. The first-order valence-electron chi connectivity index (χ1n) is 20.3. The van der Waals surface area contributed by atoms with E-state index in [9.17, 15) is 19.8 Å². The molecule has 0 unspecified atom stereocenters. The number of hydrogen-bond acceptors (Lipinski definition) is 6. The molecule has 6 nitrogen and oxygen atoms in total. The fourth-order valence-electron chi connectivity index (χ4n) is 5.57. The van der Waals surface area contributed by atoms with Gasteiger partial charge in [0.15, 0.2) is 6.10 Å². The summed E-state index contributed by atoms with van der Waals surface area (Å²) in [6.45, 7) is 3.99. The minimum Gasteiger partial charge on any atom is -0.462 e. The lowest BCUT2D eigenvalue weighted by Crippen LogP contribution is -2.28. The number of rotatable bonds is 36. The van der Waals surface area contributed by atoms with Crippen molar-refractivity contribution in [1.29, 1.82) is 0 Å². The second-order valence-electron chi connectivity index (χ2n) is 13.6. The van der Waals surface area contributed by atoms with Crippen molar-refractivity contribution >= 4 is 11.9 Å². The number of unbranched alkanes of at least 4 members (excludes halogenated alkanes) is 20. The van der Waals surface area contributed by atoms with Crippen LogP contribution in [0.3, 0.4) is 0 Å². The summed E-state index contributed by atoms with van der Waals surface area (Å²) in [5.74, 6) is -0.694. The first-order valence-corrected chi connectivity index (χ1v) is 20.3. The van der Waals surface area contributed by atoms with Crippen LogP contribution in [0, 0.1) is 0 Å². The average molecular weight is 689 g/mol. The van der Waals surface area contributed by atoms with Gasteiger partial charge in [-0.3, -0.25) is 9.59 Å². The minimum absolute atomic E-state index is 0.105. The predicted octanol–water partition coefficient (Wildman–Crippen LogP) is 11.6. The molecule has 0 aromatic carbocycles. The highest BCUT2D eigenvalue weighted by atomic mass is 16.6. The molecule has 2 N–H and O–H groups in total. The van der Waals surface area contributed by atoms with Crippen molar-refractivity contribution < 1.29 is 29.3 Å². The molecule has 0 rings (SSSR count). The molecule has 284 valence electrons. The number of carbonyl (C=O) groups excluding carboxylic acids is 2. The molecule has 0 aromatic heterocycles. The van der Waals surface area contributed by atoms with Crippen LogP contribution in [0.15, 0.2) is 48.6 Å². The van der Waals surface area contributed by atoms with Gasteiger partial charge in [0, 0.05) is 12.8 Å². The van der Waals surface area contributed by atoms with E-state index in [-0.39, 0.29) is 25.6 Å². The molecular weight excluding hydrogens is 612 g/mol. The molecule has 0 aliphatic rings. The largest absolute Gasteiger partial charge is 0.462 e. The second-order valence-corrected chi connectivity index (χ2v) is 13.6. The van der Waals surface area contributed by atoms with E-state index in [1.807, 2.05) is 42.5 Å². The third-order valence-electron chi connectivity index (χ3n) is 8.71. The van der Waals surface area contributed by atoms with Gasteiger partial charge in [0.2, 0.25) is 0 Å². The highest BCUT2D eigenvalue weighted by molar-refractivity contribution is 5.70. The molecule has 0 bridgehead atoms. The monoisotopic (exact) mass is 689 g/mol. The predicted molar refractivity (Wildman–Crippen MR) is 206 cm³/mol. The number of hydrogen-bond donors (Lipinski definition) is 2. The number of aliphatic hydroxyl groups is 2. The molecule has 49 heavy (non-hydrogen) atoms. The molecule has 0 radical (unpaired) electrons. The maximum absolute atomic E-state index is 12.2.